The minimum Gasteiger partial charge on any atom is -0.611 e. The van der Waals surface area contributed by atoms with Gasteiger partial charge in [-0.05, 0) is 89.8 Å². The highest BCUT2D eigenvalue weighted by atomic mass is 32.2. The third-order valence-corrected chi connectivity index (χ3v) is 8.25. The van der Waals surface area contributed by atoms with Gasteiger partial charge in [-0.2, -0.15) is 8.78 Å². The highest BCUT2D eigenvalue weighted by molar-refractivity contribution is 7.90. The van der Waals surface area contributed by atoms with E-state index in [9.17, 15) is 18.1 Å². The Morgan fingerprint density at radius 2 is 1.76 bits per heavy atom. The minimum absolute atomic E-state index is 0.0575. The number of nitrogens with zero attached hydrogens (tertiary/aromatic N) is 2. The van der Waals surface area contributed by atoms with Crippen LogP contribution in [-0.2, 0) is 33.0 Å². The zero-order chi connectivity index (χ0) is 32.7. The SMILES string of the molecule is CCCCOCCOc1ccc(-c2ccc(OC(F)F)c(/C=C/C(=O)Nc3ccc([S@+]([O-])Cc4cncn4CCC)cc3)c2)cc1. The van der Waals surface area contributed by atoms with Crippen molar-refractivity contribution < 1.29 is 32.3 Å². The van der Waals surface area contributed by atoms with Gasteiger partial charge in [0.1, 0.15) is 18.1 Å². The molecule has 11 heteroatoms. The van der Waals surface area contributed by atoms with E-state index in [1.54, 1.807) is 48.9 Å². The van der Waals surface area contributed by atoms with Crippen LogP contribution >= 0.6 is 0 Å². The number of nitrogens with one attached hydrogen (secondary N) is 1. The van der Waals surface area contributed by atoms with Crippen molar-refractivity contribution in [3.05, 3.63) is 96.6 Å². The molecular weight excluding hydrogens is 612 g/mol. The van der Waals surface area contributed by atoms with E-state index in [1.165, 1.54) is 18.2 Å². The molecule has 0 aliphatic heterocycles. The lowest BCUT2D eigenvalue weighted by atomic mass is 10.0. The van der Waals surface area contributed by atoms with Gasteiger partial charge in [-0.3, -0.25) is 4.79 Å². The lowest BCUT2D eigenvalue weighted by Crippen LogP contribution is -2.11. The summed E-state index contributed by atoms with van der Waals surface area (Å²) in [5.74, 6) is 0.503. The smallest absolute Gasteiger partial charge is 0.387 e. The van der Waals surface area contributed by atoms with E-state index < -0.39 is 23.7 Å². The molecule has 0 unspecified atom stereocenters. The second-order valence-electron chi connectivity index (χ2n) is 10.4. The Bertz CT molecular complexity index is 1540. The summed E-state index contributed by atoms with van der Waals surface area (Å²) < 4.78 is 57.1. The topological polar surface area (TPSA) is 97.7 Å². The van der Waals surface area contributed by atoms with Gasteiger partial charge in [-0.15, -0.1) is 0 Å². The molecule has 0 aliphatic rings. The van der Waals surface area contributed by atoms with E-state index in [4.69, 9.17) is 14.2 Å². The first-order valence-corrected chi connectivity index (χ1v) is 16.5. The van der Waals surface area contributed by atoms with Crippen LogP contribution in [0.1, 0.15) is 44.4 Å². The van der Waals surface area contributed by atoms with Crippen LogP contribution in [0.3, 0.4) is 0 Å². The molecule has 4 rings (SSSR count). The van der Waals surface area contributed by atoms with Gasteiger partial charge in [-0.25, -0.2) is 4.98 Å². The van der Waals surface area contributed by atoms with Gasteiger partial charge in [0.15, 0.2) is 10.6 Å². The number of aromatic nitrogens is 2. The number of amides is 1. The van der Waals surface area contributed by atoms with Gasteiger partial charge in [0.05, 0.1) is 24.8 Å². The fourth-order valence-corrected chi connectivity index (χ4v) is 5.66. The van der Waals surface area contributed by atoms with E-state index >= 15 is 0 Å². The molecule has 0 bridgehead atoms. The molecule has 1 atom stereocenters. The number of benzene rings is 3. The summed E-state index contributed by atoms with van der Waals surface area (Å²) in [7, 11) is 0. The van der Waals surface area contributed by atoms with Crippen LogP contribution in [0.2, 0.25) is 0 Å². The van der Waals surface area contributed by atoms with Crippen molar-refractivity contribution in [2.24, 2.45) is 0 Å². The van der Waals surface area contributed by atoms with E-state index in [0.29, 0.717) is 47.5 Å². The Labute approximate surface area is 271 Å². The molecule has 0 saturated carbocycles. The van der Waals surface area contributed by atoms with Gasteiger partial charge < -0.3 is 28.6 Å². The molecule has 244 valence electrons. The molecule has 8 nitrogen and oxygen atoms in total. The fraction of sp³-hybridized carbons (Fsp3) is 0.314. The Hall–Kier alpha value is -4.19. The second kappa shape index (κ2) is 18.1. The number of ether oxygens (including phenoxy) is 3. The summed E-state index contributed by atoms with van der Waals surface area (Å²) in [6, 6.07) is 18.9. The Morgan fingerprint density at radius 1 is 1.00 bits per heavy atom. The average molecular weight is 652 g/mol. The van der Waals surface area contributed by atoms with Crippen LogP contribution in [0.25, 0.3) is 17.2 Å². The van der Waals surface area contributed by atoms with Crippen molar-refractivity contribution in [2.45, 2.75) is 56.9 Å². The fourth-order valence-electron chi connectivity index (χ4n) is 4.54. The zero-order valence-electron chi connectivity index (χ0n) is 26.0. The maximum atomic E-state index is 13.1. The van der Waals surface area contributed by atoms with Crippen molar-refractivity contribution >= 4 is 28.8 Å². The van der Waals surface area contributed by atoms with Crippen molar-refractivity contribution in [3.63, 3.8) is 0 Å². The number of carbonyl (C=O) groups excluding carboxylic acids is 1. The standard InChI is InChI=1S/C35H39F2N3O5S/c1-3-5-19-43-20-21-44-31-12-6-26(7-13-31)27-8-16-33(45-35(36)37)28(22-27)9-17-34(41)39-29-10-14-32(15-11-29)46(42)24-30-23-38-25-40(30)18-4-2/h6-17,22-23,25,35H,3-5,18-21,24H2,1-2H3,(H,39,41)/b17-9+/t46-/m1/s1. The van der Waals surface area contributed by atoms with Crippen LogP contribution < -0.4 is 14.8 Å². The molecule has 0 spiro atoms. The lowest BCUT2D eigenvalue weighted by molar-refractivity contribution is -0.111. The number of imidazole rings is 1. The molecule has 1 N–H and O–H groups in total. The monoisotopic (exact) mass is 651 g/mol. The summed E-state index contributed by atoms with van der Waals surface area (Å²) in [4.78, 5) is 17.5. The number of carbonyl (C=O) groups is 1. The highest BCUT2D eigenvalue weighted by Gasteiger charge is 2.15. The lowest BCUT2D eigenvalue weighted by Gasteiger charge is -2.12. The Kier molecular flexibility index (Phi) is 13.6. The van der Waals surface area contributed by atoms with Gasteiger partial charge in [-0.1, -0.05) is 38.5 Å². The number of rotatable bonds is 18. The predicted octanol–water partition coefficient (Wildman–Crippen LogP) is 7.72. The summed E-state index contributed by atoms with van der Waals surface area (Å²) in [6.45, 7) is 3.63. The summed E-state index contributed by atoms with van der Waals surface area (Å²) in [5.41, 5.74) is 3.29. The summed E-state index contributed by atoms with van der Waals surface area (Å²) in [6.07, 6.45) is 9.18. The number of alkyl halides is 2. The van der Waals surface area contributed by atoms with Crippen molar-refractivity contribution in [2.75, 3.05) is 25.1 Å². The predicted molar refractivity (Wildman–Crippen MR) is 176 cm³/mol. The zero-order valence-corrected chi connectivity index (χ0v) is 26.8. The van der Waals surface area contributed by atoms with Gasteiger partial charge in [0.2, 0.25) is 5.91 Å². The van der Waals surface area contributed by atoms with Crippen molar-refractivity contribution in [1.82, 2.24) is 9.55 Å². The molecule has 1 amide bonds. The molecule has 4 aromatic rings. The molecular formula is C35H39F2N3O5S. The molecule has 3 aromatic carbocycles. The first-order valence-electron chi connectivity index (χ1n) is 15.2. The number of unbranched alkanes of at least 4 members (excludes halogenated alkanes) is 1. The largest absolute Gasteiger partial charge is 0.611 e. The number of hydrogen-bond donors (Lipinski definition) is 1. The van der Waals surface area contributed by atoms with Crippen LogP contribution in [0.4, 0.5) is 14.5 Å². The molecule has 1 aromatic heterocycles. The van der Waals surface area contributed by atoms with Crippen LogP contribution in [0.5, 0.6) is 11.5 Å². The molecule has 0 radical (unpaired) electrons. The number of halogens is 2. The number of anilines is 1. The maximum Gasteiger partial charge on any atom is 0.387 e. The normalized spacial score (nSPS) is 12.0. The van der Waals surface area contributed by atoms with E-state index in [1.807, 2.05) is 28.8 Å². The molecule has 0 aliphatic carbocycles. The van der Waals surface area contributed by atoms with Crippen LogP contribution in [0.15, 0.2) is 90.2 Å². The first kappa shape index (κ1) is 34.7. The first-order chi connectivity index (χ1) is 22.4. The second-order valence-corrected chi connectivity index (χ2v) is 11.8. The van der Waals surface area contributed by atoms with Gasteiger partial charge in [0.25, 0.3) is 0 Å². The molecule has 0 fully saturated rings. The van der Waals surface area contributed by atoms with Gasteiger partial charge in [0, 0.05) is 30.5 Å². The number of aryl methyl sites for hydroxylation is 1. The van der Waals surface area contributed by atoms with Crippen molar-refractivity contribution in [3.8, 4) is 22.6 Å². The third kappa shape index (κ3) is 10.7. The quantitative estimate of drug-likeness (QED) is 0.0672. The van der Waals surface area contributed by atoms with E-state index in [0.717, 1.165) is 42.6 Å². The maximum absolute atomic E-state index is 13.1. The van der Waals surface area contributed by atoms with Crippen molar-refractivity contribution in [1.29, 1.82) is 0 Å². The molecule has 0 saturated heterocycles. The van der Waals surface area contributed by atoms with Gasteiger partial charge >= 0.3 is 6.61 Å². The third-order valence-electron chi connectivity index (χ3n) is 6.89. The highest BCUT2D eigenvalue weighted by Crippen LogP contribution is 2.30. The Balaban J connectivity index is 1.37. The Morgan fingerprint density at radius 3 is 2.48 bits per heavy atom. The summed E-state index contributed by atoms with van der Waals surface area (Å²) in [5, 5.41) is 2.74. The van der Waals surface area contributed by atoms with E-state index in [-0.39, 0.29) is 5.75 Å². The average Bonchev–Trinajstić information content (AvgIpc) is 3.49. The number of hydrogen-bond acceptors (Lipinski definition) is 6. The summed E-state index contributed by atoms with van der Waals surface area (Å²) >= 11 is -1.28. The van der Waals surface area contributed by atoms with Crippen LogP contribution in [0, 0.1) is 0 Å². The minimum atomic E-state index is -3.02. The molecule has 46 heavy (non-hydrogen) atoms. The molecule has 1 heterocycles. The van der Waals surface area contributed by atoms with E-state index in [2.05, 4.69) is 24.1 Å². The van der Waals surface area contributed by atoms with Crippen LogP contribution in [-0.4, -0.2) is 46.4 Å².